The van der Waals surface area contributed by atoms with Crippen LogP contribution in [-0.2, 0) is 12.0 Å². The quantitative estimate of drug-likeness (QED) is 0.626. The van der Waals surface area contributed by atoms with E-state index >= 15 is 0 Å². The summed E-state index contributed by atoms with van der Waals surface area (Å²) in [5.41, 5.74) is 1.88. The van der Waals surface area contributed by atoms with E-state index in [2.05, 4.69) is 46.0 Å². The number of ether oxygens (including phenoxy) is 1. The van der Waals surface area contributed by atoms with Gasteiger partial charge in [-0.15, -0.1) is 0 Å². The lowest BCUT2D eigenvalue weighted by Gasteiger charge is -2.27. The zero-order valence-electron chi connectivity index (χ0n) is 15.4. The van der Waals surface area contributed by atoms with Crippen LogP contribution in [0.25, 0.3) is 0 Å². The van der Waals surface area contributed by atoms with E-state index in [1.165, 1.54) is 5.56 Å². The van der Waals surface area contributed by atoms with Crippen LogP contribution in [-0.4, -0.2) is 18.6 Å². The predicted molar refractivity (Wildman–Crippen MR) is 110 cm³/mol. The number of aromatic nitrogens is 1. The van der Waals surface area contributed by atoms with Gasteiger partial charge in [0.1, 0.15) is 11.6 Å². The van der Waals surface area contributed by atoms with Crippen molar-refractivity contribution in [1.82, 2.24) is 4.98 Å². The highest BCUT2D eigenvalue weighted by molar-refractivity contribution is 9.10. The average molecular weight is 447 g/mol. The minimum absolute atomic E-state index is 0.111. The number of pyridine rings is 1. The molecule has 0 saturated heterocycles. The summed E-state index contributed by atoms with van der Waals surface area (Å²) < 4.78 is 6.08. The lowest BCUT2D eigenvalue weighted by atomic mass is 9.78. The summed E-state index contributed by atoms with van der Waals surface area (Å²) >= 11 is 10.3. The van der Waals surface area contributed by atoms with E-state index in [-0.39, 0.29) is 10.8 Å². The van der Waals surface area contributed by atoms with Crippen molar-refractivity contribution in [3.63, 3.8) is 0 Å². The third-order valence-electron chi connectivity index (χ3n) is 5.96. The molecule has 140 valence electrons. The fourth-order valence-electron chi connectivity index (χ4n) is 4.65. The second-order valence-corrected chi connectivity index (χ2v) is 9.18. The number of hydrogen-bond donors (Lipinski definition) is 0. The maximum atomic E-state index is 9.66. The Labute approximate surface area is 173 Å². The SMILES string of the molecule is COc1ccc(CN2C[C@@]3(CC[C@@](C)(C#N)C3)c3c2ncc(Br)c3Cl)cc1. The standard InChI is InChI=1S/C21H21BrClN3O/c1-20(12-24)7-8-21(11-20)13-26(10-14-3-5-15(27-2)6-4-14)19-17(21)18(23)16(22)9-25-19/h3-6,9H,7-8,10-11,13H2,1-2H3/t20-,21+/m1/s1. The van der Waals surface area contributed by atoms with Crippen LogP contribution in [0.1, 0.15) is 37.3 Å². The van der Waals surface area contributed by atoms with Crippen LogP contribution in [0.3, 0.4) is 0 Å². The largest absolute Gasteiger partial charge is 0.497 e. The molecule has 1 aliphatic carbocycles. The number of fused-ring (bicyclic) bond motifs is 2. The van der Waals surface area contributed by atoms with Gasteiger partial charge in [0.25, 0.3) is 0 Å². The Morgan fingerprint density at radius 3 is 2.70 bits per heavy atom. The van der Waals surface area contributed by atoms with E-state index in [1.54, 1.807) is 13.3 Å². The van der Waals surface area contributed by atoms with E-state index in [0.717, 1.165) is 59.0 Å². The third kappa shape index (κ3) is 3.09. The van der Waals surface area contributed by atoms with Crippen LogP contribution in [0.5, 0.6) is 5.75 Å². The minimum atomic E-state index is -0.307. The van der Waals surface area contributed by atoms with E-state index in [0.29, 0.717) is 0 Å². The first kappa shape index (κ1) is 18.6. The second kappa shape index (κ2) is 6.68. The van der Waals surface area contributed by atoms with Gasteiger partial charge in [0.2, 0.25) is 0 Å². The fourth-order valence-corrected chi connectivity index (χ4v) is 5.28. The summed E-state index contributed by atoms with van der Waals surface area (Å²) in [6.07, 6.45) is 4.45. The molecule has 6 heteroatoms. The Balaban J connectivity index is 1.72. The molecule has 2 aliphatic rings. The van der Waals surface area contributed by atoms with Gasteiger partial charge in [-0.25, -0.2) is 4.98 Å². The first-order chi connectivity index (χ1) is 12.9. The van der Waals surface area contributed by atoms with Crippen LogP contribution in [0, 0.1) is 16.7 Å². The van der Waals surface area contributed by atoms with Gasteiger partial charge in [-0.3, -0.25) is 0 Å². The van der Waals surface area contributed by atoms with Gasteiger partial charge in [-0.2, -0.15) is 5.26 Å². The number of nitrogens with zero attached hydrogens (tertiary/aromatic N) is 3. The Morgan fingerprint density at radius 1 is 1.33 bits per heavy atom. The molecule has 1 aliphatic heterocycles. The molecule has 1 saturated carbocycles. The zero-order chi connectivity index (χ0) is 19.2. The predicted octanol–water partition coefficient (Wildman–Crippen LogP) is 5.48. The Hall–Kier alpha value is -1.77. The zero-order valence-corrected chi connectivity index (χ0v) is 17.8. The Morgan fingerprint density at radius 2 is 2.07 bits per heavy atom. The summed E-state index contributed by atoms with van der Waals surface area (Å²) in [5.74, 6) is 1.80. The van der Waals surface area contributed by atoms with Crippen LogP contribution < -0.4 is 9.64 Å². The molecule has 0 N–H and O–H groups in total. The first-order valence-electron chi connectivity index (χ1n) is 9.03. The number of methoxy groups -OCH3 is 1. The van der Waals surface area contributed by atoms with Crippen molar-refractivity contribution in [2.24, 2.45) is 5.41 Å². The molecular weight excluding hydrogens is 426 g/mol. The highest BCUT2D eigenvalue weighted by Gasteiger charge is 2.53. The molecule has 4 rings (SSSR count). The summed E-state index contributed by atoms with van der Waals surface area (Å²) in [6, 6.07) is 10.6. The molecule has 2 aromatic rings. The Kier molecular flexibility index (Phi) is 4.60. The lowest BCUT2D eigenvalue weighted by molar-refractivity contribution is 0.395. The van der Waals surface area contributed by atoms with E-state index < -0.39 is 0 Å². The molecule has 0 radical (unpaired) electrons. The second-order valence-electron chi connectivity index (χ2n) is 7.95. The van der Waals surface area contributed by atoms with Crippen molar-refractivity contribution >= 4 is 33.3 Å². The number of benzene rings is 1. The molecule has 4 nitrogen and oxygen atoms in total. The highest BCUT2D eigenvalue weighted by Crippen LogP contribution is 2.58. The summed E-state index contributed by atoms with van der Waals surface area (Å²) in [7, 11) is 1.67. The number of hydrogen-bond acceptors (Lipinski definition) is 4. The smallest absolute Gasteiger partial charge is 0.134 e. The van der Waals surface area contributed by atoms with Crippen molar-refractivity contribution in [2.45, 2.75) is 38.1 Å². The van der Waals surface area contributed by atoms with E-state index in [4.69, 9.17) is 21.3 Å². The molecular formula is C21H21BrClN3O. The normalized spacial score (nSPS) is 26.3. The van der Waals surface area contributed by atoms with Gasteiger partial charge in [-0.1, -0.05) is 23.7 Å². The molecule has 2 heterocycles. The molecule has 1 aromatic heterocycles. The van der Waals surface area contributed by atoms with Gasteiger partial charge in [0, 0.05) is 30.3 Å². The molecule has 1 spiro atoms. The monoisotopic (exact) mass is 445 g/mol. The molecule has 0 bridgehead atoms. The first-order valence-corrected chi connectivity index (χ1v) is 10.2. The molecule has 0 amide bonds. The topological polar surface area (TPSA) is 49.1 Å². The summed E-state index contributed by atoms with van der Waals surface area (Å²) in [6.45, 7) is 3.66. The molecule has 1 fully saturated rings. The maximum absolute atomic E-state index is 9.66. The number of nitriles is 1. The third-order valence-corrected chi connectivity index (χ3v) is 7.18. The molecule has 1 aromatic carbocycles. The van der Waals surface area contributed by atoms with Gasteiger partial charge < -0.3 is 9.64 Å². The van der Waals surface area contributed by atoms with Gasteiger partial charge in [-0.05, 0) is 59.8 Å². The van der Waals surface area contributed by atoms with Crippen molar-refractivity contribution < 1.29 is 4.74 Å². The van der Waals surface area contributed by atoms with Crippen LogP contribution >= 0.6 is 27.5 Å². The summed E-state index contributed by atoms with van der Waals surface area (Å²) in [4.78, 5) is 7.01. The van der Waals surface area contributed by atoms with Crippen LogP contribution in [0.15, 0.2) is 34.9 Å². The maximum Gasteiger partial charge on any atom is 0.134 e. The van der Waals surface area contributed by atoms with Crippen molar-refractivity contribution in [2.75, 3.05) is 18.6 Å². The van der Waals surface area contributed by atoms with Crippen molar-refractivity contribution in [3.8, 4) is 11.8 Å². The number of anilines is 1. The van der Waals surface area contributed by atoms with Crippen LogP contribution in [0.2, 0.25) is 5.02 Å². The van der Waals surface area contributed by atoms with Gasteiger partial charge in [0.15, 0.2) is 0 Å². The van der Waals surface area contributed by atoms with Crippen molar-refractivity contribution in [1.29, 1.82) is 5.26 Å². The van der Waals surface area contributed by atoms with E-state index in [1.807, 2.05) is 12.1 Å². The lowest BCUT2D eigenvalue weighted by Crippen LogP contribution is -2.32. The average Bonchev–Trinajstić information content (AvgIpc) is 3.17. The van der Waals surface area contributed by atoms with Gasteiger partial charge >= 0.3 is 0 Å². The summed E-state index contributed by atoms with van der Waals surface area (Å²) in [5, 5.41) is 10.4. The van der Waals surface area contributed by atoms with E-state index in [9.17, 15) is 5.26 Å². The molecule has 2 atom stereocenters. The number of rotatable bonds is 3. The molecule has 27 heavy (non-hydrogen) atoms. The number of halogens is 2. The van der Waals surface area contributed by atoms with Crippen molar-refractivity contribution in [3.05, 3.63) is 51.1 Å². The minimum Gasteiger partial charge on any atom is -0.497 e. The Bertz CT molecular complexity index is 926. The fraction of sp³-hybridized carbons (Fsp3) is 0.429. The van der Waals surface area contributed by atoms with Crippen LogP contribution in [0.4, 0.5) is 5.82 Å². The molecule has 0 unspecified atom stereocenters. The van der Waals surface area contributed by atoms with Gasteiger partial charge in [0.05, 0.1) is 28.1 Å². The highest BCUT2D eigenvalue weighted by atomic mass is 79.9.